The molecule has 8 heteroatoms. The van der Waals surface area contributed by atoms with E-state index in [0.717, 1.165) is 11.3 Å². The van der Waals surface area contributed by atoms with Crippen LogP contribution in [0.5, 0.6) is 0 Å². The molecule has 0 aliphatic heterocycles. The molecular weight excluding hydrogens is 300 g/mol. The van der Waals surface area contributed by atoms with Crippen LogP contribution in [0.2, 0.25) is 0 Å². The zero-order valence-corrected chi connectivity index (χ0v) is 13.3. The second kappa shape index (κ2) is 5.88. The first kappa shape index (κ1) is 15.3. The topological polar surface area (TPSA) is 90.8 Å². The highest BCUT2D eigenvalue weighted by Gasteiger charge is 2.16. The number of aryl methyl sites for hydroxylation is 2. The van der Waals surface area contributed by atoms with Crippen molar-refractivity contribution in [2.24, 2.45) is 0 Å². The number of amides is 1. The first-order chi connectivity index (χ1) is 11.0. The summed E-state index contributed by atoms with van der Waals surface area (Å²) in [6, 6.07) is 3.54. The minimum absolute atomic E-state index is 0.133. The third-order valence-corrected chi connectivity index (χ3v) is 3.58. The molecular formula is C15H18N4O4. The number of furan rings is 1. The highest BCUT2D eigenvalue weighted by Crippen LogP contribution is 2.22. The molecule has 3 aromatic heterocycles. The first-order valence-electron chi connectivity index (χ1n) is 7.26. The standard InChI is InChI=1S/C15H18N4O4/c1-9-6-11-13(23-9)7-12-15(21)18(17-10(2)19(11)12)8-14(20)16-4-5-22-3/h6-7H,4-5,8H2,1-3H3,(H,16,20). The van der Waals surface area contributed by atoms with E-state index in [4.69, 9.17) is 9.15 Å². The van der Waals surface area contributed by atoms with Crippen LogP contribution >= 0.6 is 0 Å². The molecule has 0 radical (unpaired) electrons. The number of nitrogens with one attached hydrogen (secondary N) is 1. The van der Waals surface area contributed by atoms with E-state index in [1.165, 1.54) is 4.68 Å². The van der Waals surface area contributed by atoms with Crippen LogP contribution in [0.1, 0.15) is 11.6 Å². The predicted molar refractivity (Wildman–Crippen MR) is 83.6 cm³/mol. The summed E-state index contributed by atoms with van der Waals surface area (Å²) in [4.78, 5) is 24.4. The Morgan fingerprint density at radius 1 is 1.35 bits per heavy atom. The Hall–Kier alpha value is -2.61. The van der Waals surface area contributed by atoms with Gasteiger partial charge in [0, 0.05) is 25.8 Å². The van der Waals surface area contributed by atoms with Gasteiger partial charge in [0.05, 0.1) is 12.1 Å². The SMILES string of the molecule is COCCNC(=O)Cn1nc(C)n2c(cc3oc(C)cc32)c1=O. The fraction of sp³-hybridized carbons (Fsp3) is 0.400. The van der Waals surface area contributed by atoms with Crippen LogP contribution in [0.25, 0.3) is 16.6 Å². The maximum atomic E-state index is 12.5. The van der Waals surface area contributed by atoms with Crippen LogP contribution in [-0.2, 0) is 16.1 Å². The molecule has 3 rings (SSSR count). The van der Waals surface area contributed by atoms with Crippen molar-refractivity contribution in [3.8, 4) is 0 Å². The van der Waals surface area contributed by atoms with Crippen LogP contribution < -0.4 is 10.9 Å². The number of rotatable bonds is 5. The van der Waals surface area contributed by atoms with Gasteiger partial charge in [-0.3, -0.25) is 14.0 Å². The highest BCUT2D eigenvalue weighted by atomic mass is 16.5. The Morgan fingerprint density at radius 3 is 2.87 bits per heavy atom. The van der Waals surface area contributed by atoms with E-state index in [0.29, 0.717) is 30.1 Å². The van der Waals surface area contributed by atoms with Crippen LogP contribution in [0, 0.1) is 13.8 Å². The van der Waals surface area contributed by atoms with Gasteiger partial charge in [-0.1, -0.05) is 0 Å². The second-order valence-corrected chi connectivity index (χ2v) is 5.32. The lowest BCUT2D eigenvalue weighted by Crippen LogP contribution is -2.36. The molecule has 0 atom stereocenters. The van der Waals surface area contributed by atoms with Gasteiger partial charge in [-0.2, -0.15) is 5.10 Å². The lowest BCUT2D eigenvalue weighted by atomic mass is 10.4. The summed E-state index contributed by atoms with van der Waals surface area (Å²) >= 11 is 0. The van der Waals surface area contributed by atoms with Gasteiger partial charge in [0.2, 0.25) is 5.91 Å². The number of hydrogen-bond donors (Lipinski definition) is 1. The van der Waals surface area contributed by atoms with E-state index in [-0.39, 0.29) is 18.0 Å². The van der Waals surface area contributed by atoms with Crippen molar-refractivity contribution in [2.75, 3.05) is 20.3 Å². The molecule has 3 heterocycles. The van der Waals surface area contributed by atoms with E-state index in [1.54, 1.807) is 24.5 Å². The Balaban J connectivity index is 1.98. The van der Waals surface area contributed by atoms with E-state index < -0.39 is 0 Å². The van der Waals surface area contributed by atoms with E-state index in [1.807, 2.05) is 13.0 Å². The third-order valence-electron chi connectivity index (χ3n) is 3.58. The maximum absolute atomic E-state index is 12.5. The second-order valence-electron chi connectivity index (χ2n) is 5.32. The van der Waals surface area contributed by atoms with Crippen LogP contribution in [0.3, 0.4) is 0 Å². The molecule has 0 aliphatic carbocycles. The molecule has 1 N–H and O–H groups in total. The van der Waals surface area contributed by atoms with E-state index in [2.05, 4.69) is 10.4 Å². The summed E-state index contributed by atoms with van der Waals surface area (Å²) in [6.07, 6.45) is 0. The van der Waals surface area contributed by atoms with Crippen molar-refractivity contribution in [3.63, 3.8) is 0 Å². The van der Waals surface area contributed by atoms with Gasteiger partial charge in [0.25, 0.3) is 5.56 Å². The summed E-state index contributed by atoms with van der Waals surface area (Å²) in [5.74, 6) is 1.09. The fourth-order valence-electron chi connectivity index (χ4n) is 2.61. The van der Waals surface area contributed by atoms with Crippen molar-refractivity contribution in [1.82, 2.24) is 19.5 Å². The Kier molecular flexibility index (Phi) is 3.91. The number of carbonyl (C=O) groups is 1. The fourth-order valence-corrected chi connectivity index (χ4v) is 2.61. The molecule has 23 heavy (non-hydrogen) atoms. The summed E-state index contributed by atoms with van der Waals surface area (Å²) < 4.78 is 13.3. The molecule has 0 spiro atoms. The number of hydrogen-bond acceptors (Lipinski definition) is 5. The van der Waals surface area contributed by atoms with Gasteiger partial charge >= 0.3 is 0 Å². The predicted octanol–water partition coefficient (Wildman–Crippen LogP) is 0.622. The largest absolute Gasteiger partial charge is 0.460 e. The molecule has 0 aliphatic rings. The zero-order valence-electron chi connectivity index (χ0n) is 13.3. The number of methoxy groups -OCH3 is 1. The van der Waals surface area contributed by atoms with Gasteiger partial charge in [-0.15, -0.1) is 0 Å². The van der Waals surface area contributed by atoms with Gasteiger partial charge in [0.1, 0.15) is 23.6 Å². The number of carbonyl (C=O) groups excluding carboxylic acids is 1. The average molecular weight is 318 g/mol. The van der Waals surface area contributed by atoms with Gasteiger partial charge in [0.15, 0.2) is 5.58 Å². The molecule has 0 saturated heterocycles. The normalized spacial score (nSPS) is 11.4. The van der Waals surface area contributed by atoms with E-state index in [9.17, 15) is 9.59 Å². The maximum Gasteiger partial charge on any atom is 0.291 e. The summed E-state index contributed by atoms with van der Waals surface area (Å²) in [5, 5.41) is 6.90. The van der Waals surface area contributed by atoms with E-state index >= 15 is 0 Å². The Morgan fingerprint density at radius 2 is 2.13 bits per heavy atom. The molecule has 0 fully saturated rings. The van der Waals surface area contributed by atoms with Gasteiger partial charge in [-0.05, 0) is 13.8 Å². The number of nitrogens with zero attached hydrogens (tertiary/aromatic N) is 3. The van der Waals surface area contributed by atoms with Crippen molar-refractivity contribution in [3.05, 3.63) is 34.1 Å². The van der Waals surface area contributed by atoms with Crippen molar-refractivity contribution in [1.29, 1.82) is 0 Å². The van der Waals surface area contributed by atoms with Crippen molar-refractivity contribution in [2.45, 2.75) is 20.4 Å². The molecule has 0 aromatic carbocycles. The average Bonchev–Trinajstić information content (AvgIpc) is 3.00. The van der Waals surface area contributed by atoms with Crippen LogP contribution in [0.4, 0.5) is 0 Å². The quantitative estimate of drug-likeness (QED) is 0.697. The molecule has 1 amide bonds. The lowest BCUT2D eigenvalue weighted by Gasteiger charge is -2.08. The molecule has 8 nitrogen and oxygen atoms in total. The van der Waals surface area contributed by atoms with Crippen molar-refractivity contribution < 1.29 is 13.9 Å². The number of fused-ring (bicyclic) bond motifs is 3. The third kappa shape index (κ3) is 2.72. The molecule has 122 valence electrons. The summed E-state index contributed by atoms with van der Waals surface area (Å²) in [7, 11) is 1.56. The molecule has 0 saturated carbocycles. The van der Waals surface area contributed by atoms with Crippen LogP contribution in [-0.4, -0.2) is 40.3 Å². The van der Waals surface area contributed by atoms with Gasteiger partial charge in [-0.25, -0.2) is 4.68 Å². The minimum Gasteiger partial charge on any atom is -0.460 e. The first-order valence-corrected chi connectivity index (χ1v) is 7.26. The molecule has 3 aromatic rings. The summed E-state index contributed by atoms with van der Waals surface area (Å²) in [6.45, 7) is 4.31. The number of ether oxygens (including phenoxy) is 1. The highest BCUT2D eigenvalue weighted by molar-refractivity contribution is 5.83. The Labute approximate surface area is 131 Å². The van der Waals surface area contributed by atoms with Crippen LogP contribution in [0.15, 0.2) is 21.3 Å². The monoisotopic (exact) mass is 318 g/mol. The molecule has 0 bridgehead atoms. The van der Waals surface area contributed by atoms with Gasteiger partial charge < -0.3 is 14.5 Å². The van der Waals surface area contributed by atoms with Crippen molar-refractivity contribution >= 4 is 22.5 Å². The Bertz CT molecular complexity index is 934. The minimum atomic E-state index is -0.332. The number of aromatic nitrogens is 3. The summed E-state index contributed by atoms with van der Waals surface area (Å²) in [5.41, 5.74) is 1.54. The zero-order chi connectivity index (χ0) is 16.6. The molecule has 0 unspecified atom stereocenters. The smallest absolute Gasteiger partial charge is 0.291 e. The lowest BCUT2D eigenvalue weighted by molar-refractivity contribution is -0.122.